The predicted molar refractivity (Wildman–Crippen MR) is 164 cm³/mol. The molecule has 10 heteroatoms. The lowest BCUT2D eigenvalue weighted by Crippen LogP contribution is -2.60. The number of hydrogen-bond donors (Lipinski definition) is 1. The molecule has 218 valence electrons. The number of nitrogens with zero attached hydrogens (tertiary/aromatic N) is 8. The Bertz CT molecular complexity index is 1590. The molecule has 1 amide bonds. The van der Waals surface area contributed by atoms with Crippen molar-refractivity contribution in [3.63, 3.8) is 0 Å². The Hall–Kier alpha value is -3.89. The Kier molecular flexibility index (Phi) is 7.11. The van der Waals surface area contributed by atoms with Gasteiger partial charge in [-0.2, -0.15) is 5.10 Å². The second-order valence-corrected chi connectivity index (χ2v) is 12.5. The van der Waals surface area contributed by atoms with E-state index in [0.717, 1.165) is 73.7 Å². The summed E-state index contributed by atoms with van der Waals surface area (Å²) in [5.41, 5.74) is 5.07. The first-order valence-corrected chi connectivity index (χ1v) is 15.2. The molecule has 1 spiro atoms. The third-order valence-corrected chi connectivity index (χ3v) is 9.44. The smallest absolute Gasteiger partial charge is 0.257 e. The number of rotatable bonds is 6. The highest BCUT2D eigenvalue weighted by atomic mass is 16.1. The average molecular weight is 566 g/mol. The quantitative estimate of drug-likeness (QED) is 0.372. The molecule has 3 aliphatic heterocycles. The largest absolute Gasteiger partial charge is 0.355 e. The fourth-order valence-corrected chi connectivity index (χ4v) is 6.72. The first kappa shape index (κ1) is 27.0. The van der Waals surface area contributed by atoms with Crippen LogP contribution in [0.1, 0.15) is 48.2 Å². The summed E-state index contributed by atoms with van der Waals surface area (Å²) in [5.74, 6) is 1.17. The summed E-state index contributed by atoms with van der Waals surface area (Å²) in [6, 6.07) is 7.66. The molecule has 3 aliphatic rings. The van der Waals surface area contributed by atoms with Crippen molar-refractivity contribution in [1.29, 1.82) is 0 Å². The van der Waals surface area contributed by atoms with Gasteiger partial charge in [0.25, 0.3) is 5.91 Å². The van der Waals surface area contributed by atoms with E-state index >= 15 is 0 Å². The zero-order valence-electron chi connectivity index (χ0n) is 24.6. The molecule has 10 nitrogen and oxygen atoms in total. The molecule has 0 radical (unpaired) electrons. The summed E-state index contributed by atoms with van der Waals surface area (Å²) >= 11 is 0. The Morgan fingerprint density at radius 3 is 2.55 bits per heavy atom. The van der Waals surface area contributed by atoms with Gasteiger partial charge < -0.3 is 15.1 Å². The maximum Gasteiger partial charge on any atom is 0.257 e. The summed E-state index contributed by atoms with van der Waals surface area (Å²) in [5, 5.41) is 8.48. The molecule has 1 N–H and O–H groups in total. The summed E-state index contributed by atoms with van der Waals surface area (Å²) in [7, 11) is 4.20. The maximum atomic E-state index is 13.3. The van der Waals surface area contributed by atoms with E-state index in [9.17, 15) is 4.79 Å². The zero-order valence-corrected chi connectivity index (χ0v) is 24.6. The second-order valence-electron chi connectivity index (χ2n) is 12.5. The van der Waals surface area contributed by atoms with E-state index < -0.39 is 0 Å². The second kappa shape index (κ2) is 11.1. The minimum atomic E-state index is -0.194. The Morgan fingerprint density at radius 1 is 0.929 bits per heavy atom. The van der Waals surface area contributed by atoms with E-state index in [1.807, 2.05) is 36.3 Å². The standard InChI is InChI=1S/C32H39N9O/c1-38-12-7-32(8-13-38)21-41(22-32)30-16-23(6-9-33-30)31(42)37-29-15-24-14-25(17-34-27(24)19-35-29)26-18-36-39(2)28(26)20-40-10-4-3-5-11-40/h6,9,14-19H,3-5,7-8,10-13,20-22H2,1-2H3,(H,35,37,42). The van der Waals surface area contributed by atoms with Gasteiger partial charge in [0.05, 0.1) is 23.6 Å². The minimum absolute atomic E-state index is 0.194. The number of nitrogens with one attached hydrogen (secondary N) is 1. The van der Waals surface area contributed by atoms with Crippen LogP contribution in [0.3, 0.4) is 0 Å². The van der Waals surface area contributed by atoms with Crippen LogP contribution < -0.4 is 10.2 Å². The third kappa shape index (κ3) is 5.36. The molecule has 42 heavy (non-hydrogen) atoms. The van der Waals surface area contributed by atoms with E-state index in [-0.39, 0.29) is 5.91 Å². The van der Waals surface area contributed by atoms with E-state index in [4.69, 9.17) is 0 Å². The molecule has 7 rings (SSSR count). The first-order valence-electron chi connectivity index (χ1n) is 15.2. The van der Waals surface area contributed by atoms with Crippen LogP contribution in [0.2, 0.25) is 0 Å². The van der Waals surface area contributed by atoms with Crippen LogP contribution in [0.4, 0.5) is 11.6 Å². The van der Waals surface area contributed by atoms with Crippen molar-refractivity contribution in [2.24, 2.45) is 12.5 Å². The molecule has 4 aromatic heterocycles. The number of carbonyl (C=O) groups excluding carboxylic acids is 1. The number of likely N-dealkylation sites (tertiary alicyclic amines) is 2. The normalized spacial score (nSPS) is 19.2. The summed E-state index contributed by atoms with van der Waals surface area (Å²) in [6.45, 7) is 7.47. The van der Waals surface area contributed by atoms with Crippen LogP contribution in [0.25, 0.3) is 22.0 Å². The number of fused-ring (bicyclic) bond motifs is 1. The van der Waals surface area contributed by atoms with Gasteiger partial charge in [-0.3, -0.25) is 19.4 Å². The SMILES string of the molecule is CN1CCC2(CC1)CN(c1cc(C(=O)Nc3cc4cc(-c5cnn(C)c5CN5CCCCC5)cnc4cn3)ccn1)C2. The van der Waals surface area contributed by atoms with Crippen molar-refractivity contribution in [2.75, 3.05) is 56.5 Å². The van der Waals surface area contributed by atoms with Crippen LogP contribution in [-0.2, 0) is 13.6 Å². The molecule has 3 saturated heterocycles. The Labute approximate surface area is 246 Å². The molecule has 7 heterocycles. The molecular weight excluding hydrogens is 526 g/mol. The van der Waals surface area contributed by atoms with Crippen LogP contribution in [0.5, 0.6) is 0 Å². The van der Waals surface area contributed by atoms with E-state index in [1.54, 1.807) is 18.5 Å². The Balaban J connectivity index is 1.06. The number of piperidine rings is 2. The topological polar surface area (TPSA) is 95.3 Å². The predicted octanol–water partition coefficient (Wildman–Crippen LogP) is 4.20. The molecule has 4 aromatic rings. The van der Waals surface area contributed by atoms with Crippen LogP contribution in [0, 0.1) is 5.41 Å². The van der Waals surface area contributed by atoms with Gasteiger partial charge in [-0.05, 0) is 83.2 Å². The number of anilines is 2. The number of carbonyl (C=O) groups is 1. The first-order chi connectivity index (χ1) is 20.4. The molecule has 0 saturated carbocycles. The number of pyridine rings is 3. The van der Waals surface area contributed by atoms with E-state index in [2.05, 4.69) is 53.2 Å². The number of aromatic nitrogens is 5. The van der Waals surface area contributed by atoms with E-state index in [0.29, 0.717) is 16.8 Å². The fraction of sp³-hybridized carbons (Fsp3) is 0.469. The van der Waals surface area contributed by atoms with Crippen molar-refractivity contribution in [1.82, 2.24) is 34.5 Å². The lowest BCUT2D eigenvalue weighted by atomic mass is 9.72. The number of hydrogen-bond acceptors (Lipinski definition) is 8. The summed E-state index contributed by atoms with van der Waals surface area (Å²) < 4.78 is 1.98. The maximum absolute atomic E-state index is 13.3. The van der Waals surface area contributed by atoms with Crippen molar-refractivity contribution >= 4 is 28.4 Å². The number of aryl methyl sites for hydroxylation is 1. The van der Waals surface area contributed by atoms with Crippen LogP contribution >= 0.6 is 0 Å². The highest BCUT2D eigenvalue weighted by molar-refractivity contribution is 6.04. The van der Waals surface area contributed by atoms with Gasteiger partial charge in [-0.15, -0.1) is 0 Å². The van der Waals surface area contributed by atoms with Gasteiger partial charge in [-0.1, -0.05) is 6.42 Å². The minimum Gasteiger partial charge on any atom is -0.355 e. The lowest BCUT2D eigenvalue weighted by Gasteiger charge is -2.54. The molecule has 0 unspecified atom stereocenters. The Morgan fingerprint density at radius 2 is 1.74 bits per heavy atom. The van der Waals surface area contributed by atoms with Crippen LogP contribution in [0.15, 0.2) is 49.1 Å². The highest BCUT2D eigenvalue weighted by Gasteiger charge is 2.44. The molecular formula is C32H39N9O. The van der Waals surface area contributed by atoms with Gasteiger partial charge in [0.15, 0.2) is 0 Å². The van der Waals surface area contributed by atoms with Crippen molar-refractivity contribution in [3.8, 4) is 11.1 Å². The van der Waals surface area contributed by atoms with Crippen molar-refractivity contribution in [2.45, 2.75) is 38.6 Å². The summed E-state index contributed by atoms with van der Waals surface area (Å²) in [4.78, 5) is 34.2. The van der Waals surface area contributed by atoms with Crippen LogP contribution in [-0.4, -0.2) is 86.8 Å². The monoisotopic (exact) mass is 565 g/mol. The third-order valence-electron chi connectivity index (χ3n) is 9.44. The van der Waals surface area contributed by atoms with Gasteiger partial charge in [0, 0.05) is 66.6 Å². The lowest BCUT2D eigenvalue weighted by molar-refractivity contribution is 0.0900. The number of amides is 1. The van der Waals surface area contributed by atoms with E-state index in [1.165, 1.54) is 37.8 Å². The van der Waals surface area contributed by atoms with Gasteiger partial charge >= 0.3 is 0 Å². The van der Waals surface area contributed by atoms with Gasteiger partial charge in [-0.25, -0.2) is 9.97 Å². The molecule has 0 bridgehead atoms. The van der Waals surface area contributed by atoms with Gasteiger partial charge in [0.2, 0.25) is 0 Å². The average Bonchev–Trinajstić information content (AvgIpc) is 3.36. The summed E-state index contributed by atoms with van der Waals surface area (Å²) in [6.07, 6.45) is 13.5. The van der Waals surface area contributed by atoms with Crippen molar-refractivity contribution in [3.05, 3.63) is 60.3 Å². The highest BCUT2D eigenvalue weighted by Crippen LogP contribution is 2.42. The zero-order chi connectivity index (χ0) is 28.7. The fourth-order valence-electron chi connectivity index (χ4n) is 6.72. The molecule has 0 atom stereocenters. The van der Waals surface area contributed by atoms with Gasteiger partial charge in [0.1, 0.15) is 11.6 Å². The van der Waals surface area contributed by atoms with Crippen molar-refractivity contribution < 1.29 is 4.79 Å². The molecule has 0 aromatic carbocycles. The molecule has 0 aliphatic carbocycles. The molecule has 3 fully saturated rings.